The summed E-state index contributed by atoms with van der Waals surface area (Å²) >= 11 is 6.67. The molecule has 4 saturated carbocycles. The van der Waals surface area contributed by atoms with Crippen LogP contribution in [0.25, 0.3) is 6.08 Å². The van der Waals surface area contributed by atoms with Gasteiger partial charge < -0.3 is 14.8 Å². The number of thioether (sulfide) groups is 1. The Hall–Kier alpha value is -3.37. The summed E-state index contributed by atoms with van der Waals surface area (Å²) in [5.41, 5.74) is 4.99. The fraction of sp³-hybridized carbons (Fsp3) is 0.438. The molecule has 220 valence electrons. The lowest BCUT2D eigenvalue weighted by Gasteiger charge is -2.55. The molecular weight excluding hydrogens is 571 g/mol. The average Bonchev–Trinajstić information content (AvgIpc) is 3.19. The van der Waals surface area contributed by atoms with Crippen molar-refractivity contribution in [2.24, 2.45) is 23.2 Å². The van der Waals surface area contributed by atoms with E-state index in [1.807, 2.05) is 38.1 Å². The highest BCUT2D eigenvalue weighted by Gasteiger charge is 2.55. The molecule has 2 aromatic carbocycles. The van der Waals surface area contributed by atoms with Crippen molar-refractivity contribution in [3.63, 3.8) is 0 Å². The highest BCUT2D eigenvalue weighted by atomic mass is 32.2. The molecule has 5 fully saturated rings. The molecule has 0 atom stereocenters. The molecule has 7 rings (SSSR count). The Morgan fingerprint density at radius 1 is 1.05 bits per heavy atom. The highest BCUT2D eigenvalue weighted by molar-refractivity contribution is 8.26. The van der Waals surface area contributed by atoms with Crippen molar-refractivity contribution >= 4 is 57.8 Å². The maximum Gasteiger partial charge on any atom is 0.285 e. The standard InChI is InChI=1S/C32H35N3O5S2/c1-3-39-26-13-20(7-8-25(26)40-18-28(36)33-24-6-4-5-19(2)9-24)14-27-29(37)35(31(41)42-27)34-30(38)32-15-21-10-22(16-32)12-23(11-21)17-32/h4-9,13-14,21-23H,3,10-12,15-18H2,1-2H3,(H,33,36)(H,34,38)/b27-14+. The molecule has 1 aliphatic heterocycles. The van der Waals surface area contributed by atoms with Crippen molar-refractivity contribution in [1.82, 2.24) is 10.4 Å². The Bertz CT molecular complexity index is 1440. The normalized spacial score (nSPS) is 27.0. The molecule has 5 aliphatic rings. The molecule has 0 aromatic heterocycles. The molecule has 4 bridgehead atoms. The zero-order valence-electron chi connectivity index (χ0n) is 23.8. The Morgan fingerprint density at radius 2 is 1.76 bits per heavy atom. The van der Waals surface area contributed by atoms with Crippen LogP contribution in [0.15, 0.2) is 47.4 Å². The number of benzene rings is 2. The zero-order chi connectivity index (χ0) is 29.4. The molecule has 1 saturated heterocycles. The van der Waals surface area contributed by atoms with E-state index in [2.05, 4.69) is 10.7 Å². The smallest absolute Gasteiger partial charge is 0.285 e. The van der Waals surface area contributed by atoms with Crippen molar-refractivity contribution in [1.29, 1.82) is 0 Å². The van der Waals surface area contributed by atoms with E-state index < -0.39 is 0 Å². The predicted octanol–water partition coefficient (Wildman–Crippen LogP) is 5.86. The lowest BCUT2D eigenvalue weighted by Crippen LogP contribution is -2.57. The van der Waals surface area contributed by atoms with Crippen LogP contribution in [0.5, 0.6) is 11.5 Å². The van der Waals surface area contributed by atoms with E-state index in [0.29, 0.717) is 56.3 Å². The van der Waals surface area contributed by atoms with Gasteiger partial charge in [0.2, 0.25) is 5.91 Å². The van der Waals surface area contributed by atoms with Crippen LogP contribution in [0, 0.1) is 30.1 Å². The summed E-state index contributed by atoms with van der Waals surface area (Å²) in [5, 5.41) is 4.06. The fourth-order valence-corrected chi connectivity index (χ4v) is 8.57. The third-order valence-electron chi connectivity index (χ3n) is 8.75. The van der Waals surface area contributed by atoms with Crippen LogP contribution in [-0.2, 0) is 14.4 Å². The van der Waals surface area contributed by atoms with E-state index in [-0.39, 0.29) is 29.7 Å². The van der Waals surface area contributed by atoms with E-state index in [1.165, 1.54) is 24.3 Å². The van der Waals surface area contributed by atoms with Crippen LogP contribution in [0.2, 0.25) is 0 Å². The molecule has 10 heteroatoms. The molecule has 0 unspecified atom stereocenters. The maximum absolute atomic E-state index is 13.5. The number of hydrazine groups is 1. The van der Waals surface area contributed by atoms with Gasteiger partial charge in [-0.1, -0.05) is 30.0 Å². The summed E-state index contributed by atoms with van der Waals surface area (Å²) in [5.74, 6) is 2.07. The van der Waals surface area contributed by atoms with Gasteiger partial charge in [0, 0.05) is 5.69 Å². The van der Waals surface area contributed by atoms with E-state index in [1.54, 1.807) is 24.3 Å². The Kier molecular flexibility index (Phi) is 8.02. The number of thiocarbonyl (C=S) groups is 1. The summed E-state index contributed by atoms with van der Waals surface area (Å²) in [7, 11) is 0. The minimum Gasteiger partial charge on any atom is -0.490 e. The quantitative estimate of drug-likeness (QED) is 0.273. The second-order valence-corrected chi connectivity index (χ2v) is 13.7. The number of anilines is 1. The minimum absolute atomic E-state index is 0.0641. The molecule has 0 radical (unpaired) electrons. The van der Waals surface area contributed by atoms with Crippen molar-refractivity contribution in [2.45, 2.75) is 52.4 Å². The van der Waals surface area contributed by atoms with Crippen LogP contribution in [0.4, 0.5) is 5.69 Å². The summed E-state index contributed by atoms with van der Waals surface area (Å²) in [4.78, 5) is 39.7. The Balaban J connectivity index is 1.11. The van der Waals surface area contributed by atoms with Gasteiger partial charge >= 0.3 is 0 Å². The first kappa shape index (κ1) is 28.7. The number of aryl methyl sites for hydroxylation is 1. The van der Waals surface area contributed by atoms with Gasteiger partial charge in [0.05, 0.1) is 16.9 Å². The van der Waals surface area contributed by atoms with E-state index in [0.717, 1.165) is 36.6 Å². The van der Waals surface area contributed by atoms with Crippen molar-refractivity contribution < 1.29 is 23.9 Å². The minimum atomic E-state index is -0.374. The van der Waals surface area contributed by atoms with Crippen molar-refractivity contribution in [2.75, 3.05) is 18.5 Å². The SMILES string of the molecule is CCOc1cc(/C=C2/SC(=S)N(NC(=O)C34CC5CC(CC(C5)C3)C4)C2=O)ccc1OCC(=O)Nc1cccc(C)c1. The predicted molar refractivity (Wildman–Crippen MR) is 167 cm³/mol. The molecule has 8 nitrogen and oxygen atoms in total. The van der Waals surface area contributed by atoms with E-state index >= 15 is 0 Å². The molecule has 0 spiro atoms. The summed E-state index contributed by atoms with van der Waals surface area (Å²) in [6, 6.07) is 12.8. The third-order valence-corrected chi connectivity index (χ3v) is 10.1. The Morgan fingerprint density at radius 3 is 2.43 bits per heavy atom. The number of nitrogens with one attached hydrogen (secondary N) is 2. The first-order chi connectivity index (χ1) is 20.2. The highest BCUT2D eigenvalue weighted by Crippen LogP contribution is 2.60. The zero-order valence-corrected chi connectivity index (χ0v) is 25.4. The fourth-order valence-electron chi connectivity index (χ4n) is 7.39. The monoisotopic (exact) mass is 605 g/mol. The topological polar surface area (TPSA) is 97.0 Å². The first-order valence-corrected chi connectivity index (χ1v) is 15.8. The first-order valence-electron chi connectivity index (χ1n) is 14.6. The summed E-state index contributed by atoms with van der Waals surface area (Å²) < 4.78 is 11.9. The molecule has 2 N–H and O–H groups in total. The van der Waals surface area contributed by atoms with Crippen molar-refractivity contribution in [3.05, 3.63) is 58.5 Å². The van der Waals surface area contributed by atoms with Crippen LogP contribution in [-0.4, -0.2) is 40.3 Å². The van der Waals surface area contributed by atoms with E-state index in [4.69, 9.17) is 21.7 Å². The largest absolute Gasteiger partial charge is 0.490 e. The molecule has 42 heavy (non-hydrogen) atoms. The number of hydrogen-bond acceptors (Lipinski definition) is 7. The number of hydrogen-bond donors (Lipinski definition) is 2. The van der Waals surface area contributed by atoms with Crippen LogP contribution >= 0.6 is 24.0 Å². The van der Waals surface area contributed by atoms with Gasteiger partial charge in [0.15, 0.2) is 22.4 Å². The molecule has 3 amide bonds. The van der Waals surface area contributed by atoms with E-state index in [9.17, 15) is 14.4 Å². The number of nitrogens with zero attached hydrogens (tertiary/aromatic N) is 1. The van der Waals surface area contributed by atoms with Crippen molar-refractivity contribution in [3.8, 4) is 11.5 Å². The number of ether oxygens (including phenoxy) is 2. The lowest BCUT2D eigenvalue weighted by molar-refractivity contribution is -0.152. The van der Waals surface area contributed by atoms with Gasteiger partial charge in [-0.3, -0.25) is 19.8 Å². The van der Waals surface area contributed by atoms with Gasteiger partial charge in [-0.2, -0.15) is 5.01 Å². The van der Waals surface area contributed by atoms with Crippen LogP contribution in [0.1, 0.15) is 56.6 Å². The van der Waals surface area contributed by atoms with Gasteiger partial charge in [0.25, 0.3) is 11.8 Å². The number of carbonyl (C=O) groups is 3. The van der Waals surface area contributed by atoms with Gasteiger partial charge in [-0.05, 0) is 124 Å². The second kappa shape index (κ2) is 11.7. The second-order valence-electron chi connectivity index (χ2n) is 12.0. The molecule has 1 heterocycles. The number of rotatable bonds is 9. The number of amides is 3. The molecule has 4 aliphatic carbocycles. The third kappa shape index (κ3) is 5.92. The summed E-state index contributed by atoms with van der Waals surface area (Å²) in [6.07, 6.45) is 8.19. The number of carbonyl (C=O) groups excluding carboxylic acids is 3. The Labute approximate surface area is 255 Å². The lowest BCUT2D eigenvalue weighted by atomic mass is 9.49. The molecule has 2 aromatic rings. The molecular formula is C32H35N3O5S2. The maximum atomic E-state index is 13.5. The van der Waals surface area contributed by atoms with Gasteiger partial charge in [-0.25, -0.2) is 0 Å². The summed E-state index contributed by atoms with van der Waals surface area (Å²) in [6.45, 7) is 4.03. The van der Waals surface area contributed by atoms with Gasteiger partial charge in [-0.15, -0.1) is 0 Å². The van der Waals surface area contributed by atoms with Crippen LogP contribution in [0.3, 0.4) is 0 Å². The van der Waals surface area contributed by atoms with Crippen LogP contribution < -0.4 is 20.2 Å². The average molecular weight is 606 g/mol. The van der Waals surface area contributed by atoms with Gasteiger partial charge in [0.1, 0.15) is 0 Å².